The van der Waals surface area contributed by atoms with Crippen molar-refractivity contribution < 1.29 is 9.53 Å². The normalized spacial score (nSPS) is 20.2. The number of carbonyl (C=O) groups is 1. The number of hydrogen-bond acceptors (Lipinski definition) is 2. The van der Waals surface area contributed by atoms with Crippen molar-refractivity contribution in [1.29, 1.82) is 0 Å². The molecule has 0 aromatic heterocycles. The number of rotatable bonds is 1. The average Bonchev–Trinajstić information content (AvgIpc) is 2.24. The SMILES string of the molecule is O=C1N[C@H](c2c(Cl)ccc(Cl)c2Cl)CCO1. The Morgan fingerprint density at radius 3 is 2.62 bits per heavy atom. The van der Waals surface area contributed by atoms with Crippen molar-refractivity contribution in [3.05, 3.63) is 32.8 Å². The van der Waals surface area contributed by atoms with Crippen molar-refractivity contribution in [3.63, 3.8) is 0 Å². The maximum atomic E-state index is 11.1. The molecule has 0 saturated carbocycles. The Bertz CT molecular complexity index is 436. The van der Waals surface area contributed by atoms with Crippen LogP contribution in [0.4, 0.5) is 4.79 Å². The van der Waals surface area contributed by atoms with Gasteiger partial charge in [-0.15, -0.1) is 0 Å². The van der Waals surface area contributed by atoms with E-state index in [9.17, 15) is 4.79 Å². The molecule has 6 heteroatoms. The molecule has 1 heterocycles. The Morgan fingerprint density at radius 2 is 1.94 bits per heavy atom. The molecule has 3 nitrogen and oxygen atoms in total. The van der Waals surface area contributed by atoms with Crippen LogP contribution in [-0.2, 0) is 4.74 Å². The molecule has 0 bridgehead atoms. The molecule has 16 heavy (non-hydrogen) atoms. The average molecular weight is 281 g/mol. The van der Waals surface area contributed by atoms with Crippen LogP contribution in [0.2, 0.25) is 15.1 Å². The van der Waals surface area contributed by atoms with Gasteiger partial charge in [-0.3, -0.25) is 0 Å². The molecule has 1 fully saturated rings. The molecule has 1 N–H and O–H groups in total. The Balaban J connectivity index is 2.39. The number of cyclic esters (lactones) is 1. The molecule has 1 saturated heterocycles. The van der Waals surface area contributed by atoms with Crippen molar-refractivity contribution in [2.45, 2.75) is 12.5 Å². The largest absolute Gasteiger partial charge is 0.449 e. The minimum Gasteiger partial charge on any atom is -0.449 e. The second-order valence-electron chi connectivity index (χ2n) is 3.38. The second kappa shape index (κ2) is 4.70. The van der Waals surface area contributed by atoms with E-state index >= 15 is 0 Å². The fraction of sp³-hybridized carbons (Fsp3) is 0.300. The highest BCUT2D eigenvalue weighted by molar-refractivity contribution is 6.44. The Kier molecular flexibility index (Phi) is 3.47. The number of alkyl carbamates (subject to hydrolysis) is 1. The van der Waals surface area contributed by atoms with E-state index in [1.54, 1.807) is 12.1 Å². The lowest BCUT2D eigenvalue weighted by molar-refractivity contribution is 0.115. The summed E-state index contributed by atoms with van der Waals surface area (Å²) >= 11 is 18.0. The summed E-state index contributed by atoms with van der Waals surface area (Å²) in [7, 11) is 0. The lowest BCUT2D eigenvalue weighted by Gasteiger charge is -2.25. The predicted octanol–water partition coefficient (Wildman–Crippen LogP) is 3.82. The van der Waals surface area contributed by atoms with Gasteiger partial charge in [0.05, 0.1) is 22.7 Å². The zero-order valence-corrected chi connectivity index (χ0v) is 10.4. The van der Waals surface area contributed by atoms with Gasteiger partial charge in [0.15, 0.2) is 0 Å². The van der Waals surface area contributed by atoms with Gasteiger partial charge in [0, 0.05) is 17.0 Å². The molecule has 1 aromatic carbocycles. The van der Waals surface area contributed by atoms with Gasteiger partial charge in [-0.25, -0.2) is 4.79 Å². The van der Waals surface area contributed by atoms with Crippen molar-refractivity contribution in [2.75, 3.05) is 6.61 Å². The topological polar surface area (TPSA) is 38.3 Å². The summed E-state index contributed by atoms with van der Waals surface area (Å²) in [5, 5.41) is 3.94. The van der Waals surface area contributed by atoms with E-state index in [1.165, 1.54) is 0 Å². The van der Waals surface area contributed by atoms with Gasteiger partial charge >= 0.3 is 6.09 Å². The summed E-state index contributed by atoms with van der Waals surface area (Å²) in [5.41, 5.74) is 0.646. The lowest BCUT2D eigenvalue weighted by atomic mass is 10.0. The van der Waals surface area contributed by atoms with Gasteiger partial charge in [-0.05, 0) is 12.1 Å². The lowest BCUT2D eigenvalue weighted by Crippen LogP contribution is -2.35. The van der Waals surface area contributed by atoms with Crippen LogP contribution in [0.25, 0.3) is 0 Å². The van der Waals surface area contributed by atoms with E-state index in [-0.39, 0.29) is 6.04 Å². The fourth-order valence-corrected chi connectivity index (χ4v) is 2.40. The first kappa shape index (κ1) is 11.8. The van der Waals surface area contributed by atoms with E-state index in [0.29, 0.717) is 33.7 Å². The number of nitrogens with one attached hydrogen (secondary N) is 1. The second-order valence-corrected chi connectivity index (χ2v) is 4.57. The molecule has 2 rings (SSSR count). The van der Waals surface area contributed by atoms with Crippen molar-refractivity contribution in [3.8, 4) is 0 Å². The minimum atomic E-state index is -0.469. The maximum absolute atomic E-state index is 11.1. The highest BCUT2D eigenvalue weighted by Gasteiger charge is 2.25. The van der Waals surface area contributed by atoms with Crippen LogP contribution in [0, 0.1) is 0 Å². The molecule has 0 aliphatic carbocycles. The van der Waals surface area contributed by atoms with Gasteiger partial charge in [0.2, 0.25) is 0 Å². The Hall–Kier alpha value is -0.640. The molecule has 86 valence electrons. The first-order valence-electron chi connectivity index (χ1n) is 4.66. The quantitative estimate of drug-likeness (QED) is 0.794. The smallest absolute Gasteiger partial charge is 0.407 e. The van der Waals surface area contributed by atoms with E-state index in [1.807, 2.05) is 0 Å². The number of hydrogen-bond donors (Lipinski definition) is 1. The van der Waals surface area contributed by atoms with Gasteiger partial charge in [0.1, 0.15) is 0 Å². The number of benzene rings is 1. The zero-order valence-electron chi connectivity index (χ0n) is 8.10. The summed E-state index contributed by atoms with van der Waals surface area (Å²) in [6, 6.07) is 3.03. The summed E-state index contributed by atoms with van der Waals surface area (Å²) in [6.07, 6.45) is 0.147. The standard InChI is InChI=1S/C10H8Cl3NO2/c11-5-1-2-6(12)9(13)8(5)7-3-4-16-10(15)14-7/h1-2,7H,3-4H2,(H,14,15)/t7-/m0/s1. The number of halogens is 3. The van der Waals surface area contributed by atoms with Crippen LogP contribution in [0.5, 0.6) is 0 Å². The van der Waals surface area contributed by atoms with E-state index in [4.69, 9.17) is 39.5 Å². The predicted molar refractivity (Wildman–Crippen MR) is 63.3 cm³/mol. The molecule has 1 aliphatic heterocycles. The van der Waals surface area contributed by atoms with Crippen LogP contribution >= 0.6 is 34.8 Å². The third-order valence-electron chi connectivity index (χ3n) is 2.36. The Morgan fingerprint density at radius 1 is 1.25 bits per heavy atom. The molecular weight excluding hydrogens is 272 g/mol. The number of ether oxygens (including phenoxy) is 1. The highest BCUT2D eigenvalue weighted by atomic mass is 35.5. The molecule has 1 atom stereocenters. The Labute approximate surface area is 108 Å². The molecule has 1 aromatic rings. The van der Waals surface area contributed by atoms with Gasteiger partial charge in [-0.1, -0.05) is 34.8 Å². The molecule has 0 radical (unpaired) electrons. The van der Waals surface area contributed by atoms with Gasteiger partial charge in [-0.2, -0.15) is 0 Å². The first-order chi connectivity index (χ1) is 7.59. The van der Waals surface area contributed by atoms with Crippen molar-refractivity contribution in [2.24, 2.45) is 0 Å². The van der Waals surface area contributed by atoms with Crippen molar-refractivity contribution >= 4 is 40.9 Å². The third kappa shape index (κ3) is 2.21. The summed E-state index contributed by atoms with van der Waals surface area (Å²) in [5.74, 6) is 0. The van der Waals surface area contributed by atoms with E-state index in [0.717, 1.165) is 0 Å². The summed E-state index contributed by atoms with van der Waals surface area (Å²) in [6.45, 7) is 0.343. The van der Waals surface area contributed by atoms with Crippen LogP contribution in [-0.4, -0.2) is 12.7 Å². The first-order valence-corrected chi connectivity index (χ1v) is 5.79. The van der Waals surface area contributed by atoms with E-state index in [2.05, 4.69) is 5.32 Å². The fourth-order valence-electron chi connectivity index (χ4n) is 1.60. The molecular formula is C10H8Cl3NO2. The summed E-state index contributed by atoms with van der Waals surface area (Å²) < 4.78 is 4.77. The monoisotopic (exact) mass is 279 g/mol. The molecule has 0 unspecified atom stereocenters. The molecule has 1 aliphatic rings. The molecule has 1 amide bonds. The highest BCUT2D eigenvalue weighted by Crippen LogP contribution is 2.37. The number of carbonyl (C=O) groups excluding carboxylic acids is 1. The van der Waals surface area contributed by atoms with Crippen LogP contribution in [0.1, 0.15) is 18.0 Å². The van der Waals surface area contributed by atoms with Crippen LogP contribution in [0.3, 0.4) is 0 Å². The maximum Gasteiger partial charge on any atom is 0.407 e. The van der Waals surface area contributed by atoms with E-state index < -0.39 is 6.09 Å². The summed E-state index contributed by atoms with van der Waals surface area (Å²) in [4.78, 5) is 11.1. The third-order valence-corrected chi connectivity index (χ3v) is 3.51. The zero-order chi connectivity index (χ0) is 11.7. The van der Waals surface area contributed by atoms with Crippen LogP contribution < -0.4 is 5.32 Å². The van der Waals surface area contributed by atoms with Gasteiger partial charge in [0.25, 0.3) is 0 Å². The number of amides is 1. The van der Waals surface area contributed by atoms with Crippen molar-refractivity contribution in [1.82, 2.24) is 5.32 Å². The van der Waals surface area contributed by atoms with Crippen LogP contribution in [0.15, 0.2) is 12.1 Å². The van der Waals surface area contributed by atoms with Gasteiger partial charge < -0.3 is 10.1 Å². The molecule has 0 spiro atoms. The minimum absolute atomic E-state index is 0.250.